The molecule has 0 aliphatic rings. The van der Waals surface area contributed by atoms with Crippen LogP contribution < -0.4 is 10.6 Å². The average Bonchev–Trinajstić information content (AvgIpc) is 2.61. The molecule has 0 fully saturated rings. The van der Waals surface area contributed by atoms with Crippen LogP contribution in [-0.4, -0.2) is 19.9 Å². The molecule has 0 amide bonds. The first-order valence-corrected chi connectivity index (χ1v) is 7.18. The molecule has 0 aliphatic heterocycles. The highest BCUT2D eigenvalue weighted by Crippen LogP contribution is 2.31. The average molecular weight is 322 g/mol. The fourth-order valence-electron chi connectivity index (χ4n) is 2.12. The molecule has 2 heterocycles. The number of hydrogen-bond donors (Lipinski definition) is 2. The van der Waals surface area contributed by atoms with Crippen molar-refractivity contribution in [3.8, 4) is 0 Å². The van der Waals surface area contributed by atoms with Gasteiger partial charge in [-0.25, -0.2) is 9.97 Å². The zero-order chi connectivity index (χ0) is 16.8. The second kappa shape index (κ2) is 7.14. The van der Waals surface area contributed by atoms with Crippen LogP contribution in [0, 0.1) is 10.1 Å². The molecule has 1 aromatic carbocycles. The molecular weight excluding hydrogens is 308 g/mol. The Morgan fingerprint density at radius 1 is 1.04 bits per heavy atom. The lowest BCUT2D eigenvalue weighted by atomic mass is 10.3. The van der Waals surface area contributed by atoms with Gasteiger partial charge in [0.1, 0.15) is 6.33 Å². The smallest absolute Gasteiger partial charge is 0.353 e. The van der Waals surface area contributed by atoms with Crippen molar-refractivity contribution in [2.45, 2.75) is 6.54 Å². The van der Waals surface area contributed by atoms with E-state index in [9.17, 15) is 10.1 Å². The van der Waals surface area contributed by atoms with Crippen LogP contribution in [0.1, 0.15) is 5.56 Å². The summed E-state index contributed by atoms with van der Waals surface area (Å²) in [5, 5.41) is 17.4. The topological polar surface area (TPSA) is 106 Å². The molecule has 8 nitrogen and oxygen atoms in total. The van der Waals surface area contributed by atoms with E-state index in [-0.39, 0.29) is 17.3 Å². The molecule has 0 saturated heterocycles. The first-order valence-electron chi connectivity index (χ1n) is 7.18. The second-order valence-electron chi connectivity index (χ2n) is 4.88. The van der Waals surface area contributed by atoms with E-state index in [2.05, 4.69) is 25.6 Å². The van der Waals surface area contributed by atoms with Crippen molar-refractivity contribution in [3.05, 3.63) is 76.9 Å². The summed E-state index contributed by atoms with van der Waals surface area (Å²) in [7, 11) is 0. The number of nitrogens with zero attached hydrogens (tertiary/aromatic N) is 4. The first kappa shape index (κ1) is 15.3. The van der Waals surface area contributed by atoms with Gasteiger partial charge in [0.15, 0.2) is 0 Å². The molecule has 120 valence electrons. The maximum absolute atomic E-state index is 11.5. The Morgan fingerprint density at radius 2 is 1.83 bits per heavy atom. The summed E-state index contributed by atoms with van der Waals surface area (Å²) < 4.78 is 0. The van der Waals surface area contributed by atoms with Crippen molar-refractivity contribution in [1.82, 2.24) is 15.0 Å². The van der Waals surface area contributed by atoms with Crippen LogP contribution in [0.5, 0.6) is 0 Å². The van der Waals surface area contributed by atoms with Crippen molar-refractivity contribution in [2.75, 3.05) is 10.6 Å². The van der Waals surface area contributed by atoms with Crippen LogP contribution in [0.15, 0.2) is 61.2 Å². The van der Waals surface area contributed by atoms with E-state index >= 15 is 0 Å². The van der Waals surface area contributed by atoms with E-state index in [1.54, 1.807) is 30.6 Å². The monoisotopic (exact) mass is 322 g/mol. The minimum atomic E-state index is -0.503. The zero-order valence-electron chi connectivity index (χ0n) is 12.6. The van der Waals surface area contributed by atoms with Crippen molar-refractivity contribution >= 4 is 23.0 Å². The largest absolute Gasteiger partial charge is 0.360 e. The van der Waals surface area contributed by atoms with Crippen LogP contribution in [0.3, 0.4) is 0 Å². The quantitative estimate of drug-likeness (QED) is 0.530. The summed E-state index contributed by atoms with van der Waals surface area (Å²) >= 11 is 0. The number of hydrogen-bond acceptors (Lipinski definition) is 7. The van der Waals surface area contributed by atoms with E-state index < -0.39 is 4.92 Å². The SMILES string of the molecule is O=[N+]([O-])c1c(NCc2cccnc2)ncnc1Nc1ccccc1. The van der Waals surface area contributed by atoms with E-state index in [0.717, 1.165) is 5.56 Å². The Balaban J connectivity index is 1.86. The highest BCUT2D eigenvalue weighted by molar-refractivity contribution is 5.73. The van der Waals surface area contributed by atoms with Gasteiger partial charge in [0, 0.05) is 24.6 Å². The lowest BCUT2D eigenvalue weighted by Gasteiger charge is -2.10. The fourth-order valence-corrected chi connectivity index (χ4v) is 2.12. The molecule has 2 N–H and O–H groups in total. The predicted molar refractivity (Wildman–Crippen MR) is 90.0 cm³/mol. The highest BCUT2D eigenvalue weighted by Gasteiger charge is 2.22. The van der Waals surface area contributed by atoms with Crippen LogP contribution in [0.4, 0.5) is 23.0 Å². The number of benzene rings is 1. The summed E-state index contributed by atoms with van der Waals surface area (Å²) in [6, 6.07) is 12.8. The van der Waals surface area contributed by atoms with Gasteiger partial charge in [0.2, 0.25) is 11.6 Å². The van der Waals surface area contributed by atoms with Gasteiger partial charge in [0.05, 0.1) is 4.92 Å². The number of nitro groups is 1. The van der Waals surface area contributed by atoms with Crippen molar-refractivity contribution in [1.29, 1.82) is 0 Å². The van der Waals surface area contributed by atoms with Crippen LogP contribution in [-0.2, 0) is 6.54 Å². The van der Waals surface area contributed by atoms with Gasteiger partial charge < -0.3 is 10.6 Å². The van der Waals surface area contributed by atoms with Gasteiger partial charge in [-0.2, -0.15) is 0 Å². The van der Waals surface area contributed by atoms with Crippen molar-refractivity contribution < 1.29 is 4.92 Å². The lowest BCUT2D eigenvalue weighted by molar-refractivity contribution is -0.383. The van der Waals surface area contributed by atoms with E-state index in [1.807, 2.05) is 24.3 Å². The van der Waals surface area contributed by atoms with Crippen LogP contribution in [0.25, 0.3) is 0 Å². The normalized spacial score (nSPS) is 10.2. The van der Waals surface area contributed by atoms with E-state index in [4.69, 9.17) is 0 Å². The molecule has 0 bridgehead atoms. The minimum absolute atomic E-state index is 0.134. The third kappa shape index (κ3) is 3.61. The maximum Gasteiger partial charge on any atom is 0.353 e. The molecule has 0 saturated carbocycles. The first-order chi connectivity index (χ1) is 11.7. The molecule has 2 aromatic heterocycles. The summed E-state index contributed by atoms with van der Waals surface area (Å²) in [6.07, 6.45) is 4.63. The van der Waals surface area contributed by atoms with E-state index in [1.165, 1.54) is 6.33 Å². The third-order valence-electron chi connectivity index (χ3n) is 3.22. The molecule has 0 radical (unpaired) electrons. The molecule has 0 atom stereocenters. The Hall–Kier alpha value is -3.55. The molecule has 0 aliphatic carbocycles. The standard InChI is InChI=1S/C16H14N6O2/c23-22(24)14-15(18-10-12-5-4-8-17-9-12)19-11-20-16(14)21-13-6-2-1-3-7-13/h1-9,11H,10H2,(H2,18,19,20,21). The molecule has 3 aromatic rings. The van der Waals surface area contributed by atoms with Gasteiger partial charge >= 0.3 is 5.69 Å². The Bertz CT molecular complexity index is 826. The molecule has 8 heteroatoms. The minimum Gasteiger partial charge on any atom is -0.360 e. The molecule has 3 rings (SSSR count). The molecule has 0 spiro atoms. The summed E-state index contributed by atoms with van der Waals surface area (Å²) in [5.74, 6) is 0.284. The number of nitrogens with one attached hydrogen (secondary N) is 2. The van der Waals surface area contributed by atoms with Crippen LogP contribution >= 0.6 is 0 Å². The van der Waals surface area contributed by atoms with Gasteiger partial charge in [0.25, 0.3) is 0 Å². The number of pyridine rings is 1. The van der Waals surface area contributed by atoms with Gasteiger partial charge in [-0.05, 0) is 23.8 Å². The second-order valence-corrected chi connectivity index (χ2v) is 4.88. The maximum atomic E-state index is 11.5. The number of rotatable bonds is 6. The van der Waals surface area contributed by atoms with Gasteiger partial charge in [-0.3, -0.25) is 15.1 Å². The highest BCUT2D eigenvalue weighted by atomic mass is 16.6. The van der Waals surface area contributed by atoms with Gasteiger partial charge in [-0.15, -0.1) is 0 Å². The zero-order valence-corrected chi connectivity index (χ0v) is 12.6. The van der Waals surface area contributed by atoms with Crippen molar-refractivity contribution in [2.24, 2.45) is 0 Å². The third-order valence-corrected chi connectivity index (χ3v) is 3.22. The lowest BCUT2D eigenvalue weighted by Crippen LogP contribution is -2.08. The predicted octanol–water partition coefficient (Wildman–Crippen LogP) is 3.14. The summed E-state index contributed by atoms with van der Waals surface area (Å²) in [4.78, 5) is 23.0. The Labute approximate surface area is 137 Å². The number of para-hydroxylation sites is 1. The molecule has 24 heavy (non-hydrogen) atoms. The molecular formula is C16H14N6O2. The van der Waals surface area contributed by atoms with Crippen molar-refractivity contribution in [3.63, 3.8) is 0 Å². The van der Waals surface area contributed by atoms with Gasteiger partial charge in [-0.1, -0.05) is 24.3 Å². The number of anilines is 3. The Morgan fingerprint density at radius 3 is 2.54 bits per heavy atom. The molecule has 0 unspecified atom stereocenters. The fraction of sp³-hybridized carbons (Fsp3) is 0.0625. The summed E-state index contributed by atoms with van der Waals surface area (Å²) in [6.45, 7) is 0.371. The summed E-state index contributed by atoms with van der Waals surface area (Å²) in [5.41, 5.74) is 1.39. The Kier molecular flexibility index (Phi) is 4.57. The van der Waals surface area contributed by atoms with Crippen LogP contribution in [0.2, 0.25) is 0 Å². The van der Waals surface area contributed by atoms with E-state index in [0.29, 0.717) is 12.2 Å². The number of aromatic nitrogens is 3.